The van der Waals surface area contributed by atoms with E-state index >= 15 is 0 Å². The third-order valence-electron chi connectivity index (χ3n) is 4.61. The fourth-order valence-electron chi connectivity index (χ4n) is 3.56. The molecule has 106 valence electrons. The third kappa shape index (κ3) is 2.94. The Morgan fingerprint density at radius 2 is 1.95 bits per heavy atom. The lowest BCUT2D eigenvalue weighted by molar-refractivity contribution is 0.356. The zero-order valence-electron chi connectivity index (χ0n) is 12.6. The van der Waals surface area contributed by atoms with E-state index < -0.39 is 0 Å². The molecule has 2 rings (SSSR count). The number of benzene rings is 1. The predicted octanol–water partition coefficient (Wildman–Crippen LogP) is 3.45. The predicted molar refractivity (Wildman–Crippen MR) is 83.6 cm³/mol. The van der Waals surface area contributed by atoms with Gasteiger partial charge >= 0.3 is 0 Å². The number of nitrogens with two attached hydrogens (primary N) is 1. The molecule has 0 bridgehead atoms. The first-order chi connectivity index (χ1) is 9.21. The highest BCUT2D eigenvalue weighted by Gasteiger charge is 2.30. The molecule has 0 saturated carbocycles. The van der Waals surface area contributed by atoms with Crippen LogP contribution in [0.3, 0.4) is 0 Å². The van der Waals surface area contributed by atoms with Gasteiger partial charge in [-0.15, -0.1) is 0 Å². The lowest BCUT2D eigenvalue weighted by Crippen LogP contribution is -2.49. The second-order valence-corrected chi connectivity index (χ2v) is 5.97. The maximum atomic E-state index is 6.12. The molecule has 0 amide bonds. The Bertz CT molecular complexity index is 398. The van der Waals surface area contributed by atoms with E-state index in [-0.39, 0.29) is 0 Å². The van der Waals surface area contributed by atoms with E-state index in [9.17, 15) is 0 Å². The molecule has 0 saturated heterocycles. The molecular formula is C17H28N2. The van der Waals surface area contributed by atoms with Crippen molar-refractivity contribution < 1.29 is 0 Å². The van der Waals surface area contributed by atoms with Crippen LogP contribution in [0.4, 0.5) is 5.69 Å². The van der Waals surface area contributed by atoms with Crippen LogP contribution in [0.25, 0.3) is 0 Å². The van der Waals surface area contributed by atoms with Crippen molar-refractivity contribution in [1.82, 2.24) is 0 Å². The first-order valence-corrected chi connectivity index (χ1v) is 7.75. The van der Waals surface area contributed by atoms with Gasteiger partial charge in [-0.3, -0.25) is 0 Å². The average molecular weight is 260 g/mol. The van der Waals surface area contributed by atoms with Gasteiger partial charge in [0.25, 0.3) is 0 Å². The van der Waals surface area contributed by atoms with Crippen molar-refractivity contribution in [3.05, 3.63) is 29.8 Å². The second-order valence-electron chi connectivity index (χ2n) is 5.97. The molecule has 1 aromatic rings. The molecule has 1 aliphatic rings. The summed E-state index contributed by atoms with van der Waals surface area (Å²) in [6, 6.07) is 9.34. The van der Waals surface area contributed by atoms with Crippen LogP contribution in [-0.4, -0.2) is 19.1 Å². The van der Waals surface area contributed by atoms with Crippen LogP contribution in [0.15, 0.2) is 24.3 Å². The Labute approximate surface area is 118 Å². The summed E-state index contributed by atoms with van der Waals surface area (Å²) < 4.78 is 0. The highest BCUT2D eigenvalue weighted by atomic mass is 15.2. The van der Waals surface area contributed by atoms with Crippen molar-refractivity contribution in [3.63, 3.8) is 0 Å². The van der Waals surface area contributed by atoms with Gasteiger partial charge in [-0.2, -0.15) is 0 Å². The molecule has 2 N–H and O–H groups in total. The molecule has 1 aliphatic heterocycles. The maximum Gasteiger partial charge on any atom is 0.0440 e. The minimum Gasteiger partial charge on any atom is -0.366 e. The van der Waals surface area contributed by atoms with E-state index in [1.54, 1.807) is 0 Å². The van der Waals surface area contributed by atoms with Crippen LogP contribution in [0, 0.1) is 11.8 Å². The van der Waals surface area contributed by atoms with Gasteiger partial charge < -0.3 is 10.6 Å². The van der Waals surface area contributed by atoms with Crippen LogP contribution in [-0.2, 0) is 6.42 Å². The van der Waals surface area contributed by atoms with E-state index in [0.717, 1.165) is 19.0 Å². The van der Waals surface area contributed by atoms with Gasteiger partial charge in [0, 0.05) is 24.8 Å². The summed E-state index contributed by atoms with van der Waals surface area (Å²) >= 11 is 0. The number of para-hydroxylation sites is 1. The lowest BCUT2D eigenvalue weighted by atomic mass is 9.87. The molecule has 2 atom stereocenters. The van der Waals surface area contributed by atoms with E-state index in [1.807, 2.05) is 0 Å². The van der Waals surface area contributed by atoms with Gasteiger partial charge in [-0.05, 0) is 29.9 Å². The van der Waals surface area contributed by atoms with Gasteiger partial charge in [-0.25, -0.2) is 0 Å². The Balaban J connectivity index is 2.32. The van der Waals surface area contributed by atoms with Gasteiger partial charge in [0.05, 0.1) is 0 Å². The Kier molecular flexibility index (Phi) is 4.87. The fraction of sp³-hybridized carbons (Fsp3) is 0.647. The van der Waals surface area contributed by atoms with E-state index in [4.69, 9.17) is 5.73 Å². The quantitative estimate of drug-likeness (QED) is 0.878. The topological polar surface area (TPSA) is 29.3 Å². The summed E-state index contributed by atoms with van der Waals surface area (Å²) in [6.07, 6.45) is 3.63. The molecule has 19 heavy (non-hydrogen) atoms. The van der Waals surface area contributed by atoms with E-state index in [1.165, 1.54) is 30.5 Å². The molecule has 2 unspecified atom stereocenters. The van der Waals surface area contributed by atoms with Crippen LogP contribution in [0.5, 0.6) is 0 Å². The van der Waals surface area contributed by atoms with Crippen LogP contribution < -0.4 is 10.6 Å². The van der Waals surface area contributed by atoms with Crippen molar-refractivity contribution in [2.24, 2.45) is 17.6 Å². The van der Waals surface area contributed by atoms with Crippen molar-refractivity contribution in [3.8, 4) is 0 Å². The maximum absolute atomic E-state index is 6.12. The molecule has 0 radical (unpaired) electrons. The summed E-state index contributed by atoms with van der Waals surface area (Å²) in [5.74, 6) is 1.42. The summed E-state index contributed by atoms with van der Waals surface area (Å²) in [7, 11) is 0. The summed E-state index contributed by atoms with van der Waals surface area (Å²) in [4.78, 5) is 2.58. The van der Waals surface area contributed by atoms with E-state index in [2.05, 4.69) is 49.9 Å². The standard InChI is InChI=1S/C17H28N2/c1-4-14(5-2)17(11-18)19-12-13(3)10-15-8-6-7-9-16(15)19/h6-9,13-14,17H,4-5,10-12,18H2,1-3H3. The Hall–Kier alpha value is -1.02. The van der Waals surface area contributed by atoms with Crippen LogP contribution in [0.1, 0.15) is 39.2 Å². The largest absolute Gasteiger partial charge is 0.366 e. The monoisotopic (exact) mass is 260 g/mol. The molecule has 0 spiro atoms. The van der Waals surface area contributed by atoms with Crippen molar-refractivity contribution >= 4 is 5.69 Å². The van der Waals surface area contributed by atoms with Crippen molar-refractivity contribution in [2.45, 2.75) is 46.1 Å². The highest BCUT2D eigenvalue weighted by molar-refractivity contribution is 5.56. The Morgan fingerprint density at radius 1 is 1.26 bits per heavy atom. The average Bonchev–Trinajstić information content (AvgIpc) is 2.43. The van der Waals surface area contributed by atoms with Crippen LogP contribution >= 0.6 is 0 Å². The number of hydrogen-bond acceptors (Lipinski definition) is 2. The SMILES string of the molecule is CCC(CC)C(CN)N1CC(C)Cc2ccccc21. The van der Waals surface area contributed by atoms with Gasteiger partial charge in [-0.1, -0.05) is 51.8 Å². The summed E-state index contributed by atoms with van der Waals surface area (Å²) in [5.41, 5.74) is 9.03. The second kappa shape index (κ2) is 6.42. The number of anilines is 1. The molecule has 0 aromatic heterocycles. The Morgan fingerprint density at radius 3 is 2.58 bits per heavy atom. The number of fused-ring (bicyclic) bond motifs is 1. The smallest absolute Gasteiger partial charge is 0.0440 e. The van der Waals surface area contributed by atoms with Crippen LogP contribution in [0.2, 0.25) is 0 Å². The van der Waals surface area contributed by atoms with Crippen molar-refractivity contribution in [1.29, 1.82) is 0 Å². The zero-order valence-corrected chi connectivity index (χ0v) is 12.6. The number of rotatable bonds is 5. The zero-order chi connectivity index (χ0) is 13.8. The molecule has 0 aliphatic carbocycles. The normalized spacial score (nSPS) is 20.5. The highest BCUT2D eigenvalue weighted by Crippen LogP contribution is 2.33. The lowest BCUT2D eigenvalue weighted by Gasteiger charge is -2.43. The fourth-order valence-corrected chi connectivity index (χ4v) is 3.56. The molecular weight excluding hydrogens is 232 g/mol. The molecule has 2 nitrogen and oxygen atoms in total. The first-order valence-electron chi connectivity index (χ1n) is 7.75. The third-order valence-corrected chi connectivity index (χ3v) is 4.61. The summed E-state index contributed by atoms with van der Waals surface area (Å²) in [5, 5.41) is 0. The molecule has 2 heteroatoms. The minimum absolute atomic E-state index is 0.485. The minimum atomic E-state index is 0.485. The van der Waals surface area contributed by atoms with Gasteiger partial charge in [0.2, 0.25) is 0 Å². The first kappa shape index (κ1) is 14.4. The van der Waals surface area contributed by atoms with Crippen molar-refractivity contribution in [2.75, 3.05) is 18.0 Å². The van der Waals surface area contributed by atoms with Gasteiger partial charge in [0.15, 0.2) is 0 Å². The van der Waals surface area contributed by atoms with Gasteiger partial charge in [0.1, 0.15) is 0 Å². The molecule has 1 aromatic carbocycles. The summed E-state index contributed by atoms with van der Waals surface area (Å²) in [6.45, 7) is 8.83. The van der Waals surface area contributed by atoms with E-state index in [0.29, 0.717) is 12.0 Å². The molecule has 0 fully saturated rings. The number of hydrogen-bond donors (Lipinski definition) is 1. The number of nitrogens with zero attached hydrogens (tertiary/aromatic N) is 1. The molecule has 1 heterocycles.